The zero-order chi connectivity index (χ0) is 17.7. The summed E-state index contributed by atoms with van der Waals surface area (Å²) in [5, 5.41) is 9.50. The normalized spacial score (nSPS) is 29.2. The lowest BCUT2D eigenvalue weighted by Crippen LogP contribution is -2.40. The number of benzene rings is 1. The average molecular weight is 342 g/mol. The molecule has 0 aliphatic heterocycles. The van der Waals surface area contributed by atoms with E-state index in [2.05, 4.69) is 37.3 Å². The number of hydrogen-bond acceptors (Lipinski definition) is 2. The third-order valence-corrected chi connectivity index (χ3v) is 6.46. The second kappa shape index (κ2) is 8.51. The van der Waals surface area contributed by atoms with Crippen molar-refractivity contribution in [2.24, 2.45) is 11.7 Å². The fourth-order valence-corrected chi connectivity index (χ4v) is 4.80. The van der Waals surface area contributed by atoms with Gasteiger partial charge in [-0.15, -0.1) is 0 Å². The molecule has 1 saturated carbocycles. The maximum Gasteiger partial charge on any atom is 0.0611 e. The van der Waals surface area contributed by atoms with Gasteiger partial charge in [0.2, 0.25) is 0 Å². The number of unbranched alkanes of at least 4 members (excludes halogenated alkanes) is 2. The summed E-state index contributed by atoms with van der Waals surface area (Å²) in [5.41, 5.74) is 10.5. The number of hydrogen-bond donors (Lipinski definition) is 2. The van der Waals surface area contributed by atoms with Gasteiger partial charge in [-0.25, -0.2) is 0 Å². The van der Waals surface area contributed by atoms with E-state index < -0.39 is 0 Å². The Hall–Kier alpha value is -1.12. The molecule has 2 aliphatic rings. The van der Waals surface area contributed by atoms with Gasteiger partial charge in [0.05, 0.1) is 6.61 Å². The molecule has 2 aliphatic carbocycles. The molecule has 0 saturated heterocycles. The topological polar surface area (TPSA) is 46.2 Å². The van der Waals surface area contributed by atoms with Crippen LogP contribution in [-0.2, 0) is 12.8 Å². The molecule has 0 radical (unpaired) electrons. The first kappa shape index (κ1) is 18.7. The fourth-order valence-electron chi connectivity index (χ4n) is 4.80. The van der Waals surface area contributed by atoms with Crippen molar-refractivity contribution in [3.63, 3.8) is 0 Å². The second-order valence-electron chi connectivity index (χ2n) is 8.45. The molecule has 0 bridgehead atoms. The van der Waals surface area contributed by atoms with Gasteiger partial charge in [0.15, 0.2) is 0 Å². The minimum absolute atomic E-state index is 0.115. The summed E-state index contributed by atoms with van der Waals surface area (Å²) >= 11 is 0. The van der Waals surface area contributed by atoms with Gasteiger partial charge in [0, 0.05) is 5.54 Å². The van der Waals surface area contributed by atoms with Crippen molar-refractivity contribution >= 4 is 0 Å². The van der Waals surface area contributed by atoms with Crippen LogP contribution < -0.4 is 5.73 Å². The molecule has 1 aromatic rings. The van der Waals surface area contributed by atoms with Crippen LogP contribution in [0.5, 0.6) is 0 Å². The predicted molar refractivity (Wildman–Crippen MR) is 106 cm³/mol. The standard InChI is InChI=1S/C23H35NO/c1-2-3-4-5-6-7-18-8-9-20-15-21(11-10-19(20)14-18)22-12-13-23(24,16-22)17-25/h2-3,10-11,15,18,22,25H,4-9,12-14,16-17,24H2,1H3/b3-2+/t18?,22-,23+/m0/s1. The Balaban J connectivity index is 1.55. The molecule has 0 aromatic heterocycles. The molecular weight excluding hydrogens is 306 g/mol. The van der Waals surface area contributed by atoms with Crippen molar-refractivity contribution in [3.8, 4) is 0 Å². The van der Waals surface area contributed by atoms with Crippen molar-refractivity contribution in [3.05, 3.63) is 47.0 Å². The highest BCUT2D eigenvalue weighted by atomic mass is 16.3. The highest BCUT2D eigenvalue weighted by molar-refractivity contribution is 5.36. The van der Waals surface area contributed by atoms with E-state index in [-0.39, 0.29) is 12.1 Å². The summed E-state index contributed by atoms with van der Waals surface area (Å²) in [4.78, 5) is 0. The lowest BCUT2D eigenvalue weighted by molar-refractivity contribution is 0.198. The highest BCUT2D eigenvalue weighted by Gasteiger charge is 2.36. The number of allylic oxidation sites excluding steroid dienone is 2. The van der Waals surface area contributed by atoms with Gasteiger partial charge < -0.3 is 10.8 Å². The number of fused-ring (bicyclic) bond motifs is 1. The Kier molecular flexibility index (Phi) is 6.35. The van der Waals surface area contributed by atoms with E-state index in [0.717, 1.165) is 25.2 Å². The Morgan fingerprint density at radius 3 is 2.88 bits per heavy atom. The van der Waals surface area contributed by atoms with Crippen molar-refractivity contribution in [1.29, 1.82) is 0 Å². The molecular formula is C23H35NO. The van der Waals surface area contributed by atoms with Gasteiger partial charge >= 0.3 is 0 Å². The molecule has 25 heavy (non-hydrogen) atoms. The van der Waals surface area contributed by atoms with Gasteiger partial charge in [-0.1, -0.05) is 43.2 Å². The molecule has 0 amide bonds. The van der Waals surface area contributed by atoms with Crippen LogP contribution in [0.25, 0.3) is 0 Å². The van der Waals surface area contributed by atoms with Crippen molar-refractivity contribution < 1.29 is 5.11 Å². The van der Waals surface area contributed by atoms with E-state index in [0.29, 0.717) is 5.92 Å². The summed E-state index contributed by atoms with van der Waals surface area (Å²) in [6, 6.07) is 7.17. The van der Waals surface area contributed by atoms with E-state index in [1.807, 2.05) is 0 Å². The van der Waals surface area contributed by atoms with Crippen LogP contribution in [0.2, 0.25) is 0 Å². The number of aliphatic hydroxyl groups excluding tert-OH is 1. The summed E-state index contributed by atoms with van der Waals surface area (Å²) in [6.07, 6.45) is 16.6. The number of aliphatic hydroxyl groups is 1. The Bertz CT molecular complexity index is 594. The maximum atomic E-state index is 9.50. The molecule has 1 aromatic carbocycles. The first-order valence-corrected chi connectivity index (χ1v) is 10.3. The monoisotopic (exact) mass is 341 g/mol. The first-order chi connectivity index (χ1) is 12.1. The van der Waals surface area contributed by atoms with E-state index in [9.17, 15) is 5.11 Å². The van der Waals surface area contributed by atoms with E-state index in [1.54, 1.807) is 11.1 Å². The van der Waals surface area contributed by atoms with E-state index in [4.69, 9.17) is 5.73 Å². The second-order valence-corrected chi connectivity index (χ2v) is 8.45. The number of aryl methyl sites for hydroxylation is 1. The maximum absolute atomic E-state index is 9.50. The molecule has 3 N–H and O–H groups in total. The Morgan fingerprint density at radius 1 is 1.24 bits per heavy atom. The molecule has 1 unspecified atom stereocenters. The lowest BCUT2D eigenvalue weighted by Gasteiger charge is -2.26. The quantitative estimate of drug-likeness (QED) is 0.548. The van der Waals surface area contributed by atoms with Gasteiger partial charge in [-0.3, -0.25) is 0 Å². The molecule has 1 fully saturated rings. The largest absolute Gasteiger partial charge is 0.394 e. The summed E-state index contributed by atoms with van der Waals surface area (Å²) in [5.74, 6) is 1.41. The minimum Gasteiger partial charge on any atom is -0.394 e. The molecule has 2 heteroatoms. The van der Waals surface area contributed by atoms with Crippen LogP contribution in [-0.4, -0.2) is 17.3 Å². The Labute approximate surface area is 153 Å². The van der Waals surface area contributed by atoms with Crippen LogP contribution >= 0.6 is 0 Å². The van der Waals surface area contributed by atoms with Crippen LogP contribution in [0.1, 0.15) is 80.9 Å². The van der Waals surface area contributed by atoms with Crippen LogP contribution in [0.4, 0.5) is 0 Å². The number of nitrogens with two attached hydrogens (primary N) is 1. The van der Waals surface area contributed by atoms with Crippen LogP contribution in [0.3, 0.4) is 0 Å². The molecule has 2 nitrogen and oxygen atoms in total. The summed E-state index contributed by atoms with van der Waals surface area (Å²) < 4.78 is 0. The van der Waals surface area contributed by atoms with Crippen molar-refractivity contribution in [1.82, 2.24) is 0 Å². The SMILES string of the molecule is C/C=C/CCCCC1CCc2cc([C@H]3CC[C@](N)(CO)C3)ccc2C1. The zero-order valence-electron chi connectivity index (χ0n) is 15.8. The molecule has 0 spiro atoms. The van der Waals surface area contributed by atoms with Crippen molar-refractivity contribution in [2.45, 2.75) is 82.6 Å². The summed E-state index contributed by atoms with van der Waals surface area (Å²) in [6.45, 7) is 2.22. The fraction of sp³-hybridized carbons (Fsp3) is 0.652. The zero-order valence-corrected chi connectivity index (χ0v) is 15.8. The lowest BCUT2D eigenvalue weighted by atomic mass is 9.79. The third kappa shape index (κ3) is 4.74. The van der Waals surface area contributed by atoms with E-state index in [1.165, 1.54) is 50.5 Å². The highest BCUT2D eigenvalue weighted by Crippen LogP contribution is 2.40. The minimum atomic E-state index is -0.349. The van der Waals surface area contributed by atoms with Crippen LogP contribution in [0, 0.1) is 5.92 Å². The summed E-state index contributed by atoms with van der Waals surface area (Å²) in [7, 11) is 0. The number of rotatable bonds is 7. The van der Waals surface area contributed by atoms with Gasteiger partial charge in [0.1, 0.15) is 0 Å². The smallest absolute Gasteiger partial charge is 0.0611 e. The molecule has 3 atom stereocenters. The molecule has 138 valence electrons. The van der Waals surface area contributed by atoms with Crippen molar-refractivity contribution in [2.75, 3.05) is 6.61 Å². The van der Waals surface area contributed by atoms with Gasteiger partial charge in [-0.05, 0) is 86.8 Å². The Morgan fingerprint density at radius 2 is 2.12 bits per heavy atom. The molecule has 0 heterocycles. The average Bonchev–Trinajstić information content (AvgIpc) is 3.04. The van der Waals surface area contributed by atoms with Gasteiger partial charge in [0.25, 0.3) is 0 Å². The predicted octanol–water partition coefficient (Wildman–Crippen LogP) is 4.89. The first-order valence-electron chi connectivity index (χ1n) is 10.3. The van der Waals surface area contributed by atoms with Crippen LogP contribution in [0.15, 0.2) is 30.4 Å². The third-order valence-electron chi connectivity index (χ3n) is 6.46. The molecule has 3 rings (SSSR count). The van der Waals surface area contributed by atoms with Gasteiger partial charge in [-0.2, -0.15) is 0 Å². The van der Waals surface area contributed by atoms with E-state index >= 15 is 0 Å².